The van der Waals surface area contributed by atoms with E-state index < -0.39 is 25.2 Å². The van der Waals surface area contributed by atoms with Gasteiger partial charge in [-0.25, -0.2) is 44.9 Å². The van der Waals surface area contributed by atoms with Crippen molar-refractivity contribution in [3.8, 4) is 0 Å². The minimum atomic E-state index is -2.34. The Balaban J connectivity index is 0.000000100. The minimum Gasteiger partial charge on any atom is -0.454 e. The van der Waals surface area contributed by atoms with Gasteiger partial charge in [-0.15, -0.1) is 0 Å². The van der Waals surface area contributed by atoms with Crippen LogP contribution in [0.2, 0.25) is 0 Å². The maximum atomic E-state index is 8.66. The third-order valence-corrected chi connectivity index (χ3v) is 29.7. The zero-order valence-electron chi connectivity index (χ0n) is 91.5. The van der Waals surface area contributed by atoms with Crippen molar-refractivity contribution in [3.05, 3.63) is 320 Å². The largest absolute Gasteiger partial charge is 0.454 e. The molecular formula is C121H119N21O6. The van der Waals surface area contributed by atoms with E-state index in [0.29, 0.717) is 34.8 Å². The molecule has 6 unspecified atom stereocenters. The summed E-state index contributed by atoms with van der Waals surface area (Å²) in [6.07, 6.45) is 23.7. The molecule has 0 saturated carbocycles. The van der Waals surface area contributed by atoms with Crippen LogP contribution in [-0.4, -0.2) is 131 Å². The molecule has 27 heteroatoms. The number of aromatic nitrogens is 9. The molecule has 0 aliphatic carbocycles. The van der Waals surface area contributed by atoms with Crippen LogP contribution in [0.15, 0.2) is 313 Å². The van der Waals surface area contributed by atoms with Crippen LogP contribution in [-0.2, 0) is 0 Å². The van der Waals surface area contributed by atoms with Gasteiger partial charge < -0.3 is 70.6 Å². The summed E-state index contributed by atoms with van der Waals surface area (Å²) in [6, 6.07) is 68.8. The number of rotatable bonds is 9. The van der Waals surface area contributed by atoms with Crippen molar-refractivity contribution in [3.63, 3.8) is 0 Å². The van der Waals surface area contributed by atoms with Crippen LogP contribution < -0.4 is 49.0 Å². The van der Waals surface area contributed by atoms with E-state index in [1.807, 2.05) is 147 Å². The van der Waals surface area contributed by atoms with E-state index in [0.717, 1.165) is 189 Å². The van der Waals surface area contributed by atoms with E-state index in [2.05, 4.69) is 321 Å². The first-order chi connectivity index (χ1) is 73.5. The highest BCUT2D eigenvalue weighted by Crippen LogP contribution is 2.54. The third kappa shape index (κ3) is 15.5. The molecule has 10 aromatic carbocycles. The first-order valence-electron chi connectivity index (χ1n) is 52.8. The maximum Gasteiger partial charge on any atom is 0.227 e. The number of fused-ring (bicyclic) bond motifs is 22. The van der Waals surface area contributed by atoms with Crippen LogP contribution in [0.25, 0.3) is 132 Å². The Morgan fingerprint density at radius 1 is 0.264 bits per heavy atom. The second kappa shape index (κ2) is 37.4. The van der Waals surface area contributed by atoms with Gasteiger partial charge in [-0.2, -0.15) is 0 Å². The van der Waals surface area contributed by atoms with Crippen molar-refractivity contribution in [2.24, 2.45) is 0 Å². The third-order valence-electron chi connectivity index (χ3n) is 29.7. The molecule has 0 N–H and O–H groups in total. The number of nitrogens with zero attached hydrogens (tertiary/aromatic N) is 21. The quantitative estimate of drug-likeness (QED) is 0.131. The zero-order valence-corrected chi connectivity index (χ0v) is 86.5. The van der Waals surface area contributed by atoms with Crippen molar-refractivity contribution in [1.29, 1.82) is 0 Å². The zero-order chi connectivity index (χ0) is 107. The molecule has 18 heterocycles. The van der Waals surface area contributed by atoms with Crippen LogP contribution >= 0.6 is 0 Å². The monoisotopic (exact) mass is 1970 g/mol. The number of benzene rings is 10. The van der Waals surface area contributed by atoms with E-state index in [1.165, 1.54) is 39.2 Å². The highest BCUT2D eigenvalue weighted by Gasteiger charge is 2.44. The van der Waals surface area contributed by atoms with Gasteiger partial charge >= 0.3 is 0 Å². The van der Waals surface area contributed by atoms with Gasteiger partial charge in [0.25, 0.3) is 0 Å². The number of pyridine rings is 3. The number of hydrogen-bond donors (Lipinski definition) is 0. The van der Waals surface area contributed by atoms with Crippen LogP contribution in [0, 0.1) is 41.5 Å². The fourth-order valence-corrected chi connectivity index (χ4v) is 22.3. The van der Waals surface area contributed by atoms with Gasteiger partial charge in [0.1, 0.15) is 53.7 Å². The number of anilines is 14. The van der Waals surface area contributed by atoms with Crippen molar-refractivity contribution in [1.82, 2.24) is 54.7 Å². The summed E-state index contributed by atoms with van der Waals surface area (Å²) in [4.78, 5) is 65.5. The Morgan fingerprint density at radius 3 is 0.939 bits per heavy atom. The first kappa shape index (κ1) is 88.5. The summed E-state index contributed by atoms with van der Waals surface area (Å²) in [6.45, 7) is 34.8. The second-order valence-corrected chi connectivity index (χ2v) is 39.4. The van der Waals surface area contributed by atoms with Gasteiger partial charge in [-0.05, 0) is 225 Å². The molecule has 0 amide bonds. The smallest absolute Gasteiger partial charge is 0.227 e. The molecule has 6 atom stereocenters. The molecule has 6 aliphatic rings. The molecule has 12 aromatic heterocycles. The Kier molecular flexibility index (Phi) is 22.4. The topological polar surface area (TPSA) is 234 Å². The van der Waals surface area contributed by atoms with Gasteiger partial charge in [0.05, 0.1) is 48.2 Å². The highest BCUT2D eigenvalue weighted by atomic mass is 16.4. The van der Waals surface area contributed by atoms with E-state index in [9.17, 15) is 0 Å². The number of aryl methyl sites for hydroxylation is 6. The predicted octanol–water partition coefficient (Wildman–Crippen LogP) is 29.1. The van der Waals surface area contributed by atoms with Gasteiger partial charge in [0, 0.05) is 188 Å². The van der Waals surface area contributed by atoms with E-state index in [-0.39, 0.29) is 30.8 Å². The molecule has 0 spiro atoms. The molecule has 6 aliphatic heterocycles. The van der Waals surface area contributed by atoms with Gasteiger partial charge in [-0.1, -0.05) is 140 Å². The number of furan rings is 6. The Labute approximate surface area is 865 Å². The summed E-state index contributed by atoms with van der Waals surface area (Å²) < 4.78 is 78.5. The average Bonchev–Trinajstić information content (AvgIpc) is 1.57. The lowest BCUT2D eigenvalue weighted by atomic mass is 10.1. The summed E-state index contributed by atoms with van der Waals surface area (Å²) in [5.74, 6) is 3.83. The van der Waals surface area contributed by atoms with Gasteiger partial charge in [0.2, 0.25) is 17.1 Å². The number of hydrogen-bond acceptors (Lipinski definition) is 27. The standard InChI is InChI=1S/2C22H22N4O.C21H19N3O.C20H18N4O.C19H21N3O.C17H17N3O/c2*1-13(2)25-15(4)26(22-21(25)23-11-12-24-22)19-14(3)9-10-17-16-7-5-6-8-18(16)27-20(17)19;1-13-10-11-15-16-7-6-12-22-21(16)25-20(15)19(13)24-14(2)23(3)17-8-4-5-9-18(17)24;1-12-8-9-15-14-6-4-5-7-16(14)25-18(15)17(12)24-13(2)23(3)19-20(24)22-11-10-21-19;1-12(2)21-10-11-22(14(21)4)17-13(3)7-8-15-16-6-5-9-20-19(16)23-18(15)17;1-11-6-7-13-14-5-4-8-18-17(14)21-16(13)15(11)20-10-9-19(3)12(20)2/h2*5-13,15H,1-4H3;4-12,14H,1-3H3;4-11,13H,1-3H3;5-12,14H,1-4H3;4-10,12H,1-3H3/i2*13D;;3D3;;. The summed E-state index contributed by atoms with van der Waals surface area (Å²) >= 11 is 0. The van der Waals surface area contributed by atoms with E-state index >= 15 is 0 Å². The Bertz CT molecular complexity index is 8780. The molecule has 0 fully saturated rings. The molecule has 744 valence electrons. The summed E-state index contributed by atoms with van der Waals surface area (Å²) in [5, 5.41) is 12.9. The first-order valence-corrected chi connectivity index (χ1v) is 50.3. The summed E-state index contributed by atoms with van der Waals surface area (Å²) in [7, 11) is 4.22. The van der Waals surface area contributed by atoms with Crippen LogP contribution in [0.3, 0.4) is 0 Å². The van der Waals surface area contributed by atoms with Crippen molar-refractivity contribution < 1.29 is 33.4 Å². The lowest BCUT2D eigenvalue weighted by Gasteiger charge is -2.33. The lowest BCUT2D eigenvalue weighted by molar-refractivity contribution is 0.263. The minimum absolute atomic E-state index is 0.123. The van der Waals surface area contributed by atoms with Crippen molar-refractivity contribution >= 4 is 212 Å². The van der Waals surface area contributed by atoms with E-state index in [4.69, 9.17) is 33.4 Å². The predicted molar refractivity (Wildman–Crippen MR) is 602 cm³/mol. The fraction of sp³-hybridized carbons (Fsp3) is 0.248. The van der Waals surface area contributed by atoms with Gasteiger partial charge in [0.15, 0.2) is 68.4 Å². The average molecular weight is 1970 g/mol. The van der Waals surface area contributed by atoms with Crippen LogP contribution in [0.4, 0.5) is 80.4 Å². The normalized spacial score (nSPS) is 17.9. The Hall–Kier alpha value is -17.2. The summed E-state index contributed by atoms with van der Waals surface area (Å²) in [5.41, 5.74) is 25.1. The molecule has 148 heavy (non-hydrogen) atoms. The lowest BCUT2D eigenvalue weighted by Crippen LogP contribution is -2.42. The maximum absolute atomic E-state index is 8.66. The van der Waals surface area contributed by atoms with Gasteiger partial charge in [-0.3, -0.25) is 14.7 Å². The second-order valence-electron chi connectivity index (χ2n) is 39.4. The van der Waals surface area contributed by atoms with E-state index in [1.54, 1.807) is 49.6 Å². The molecular weight excluding hydrogens is 1840 g/mol. The van der Waals surface area contributed by atoms with Crippen LogP contribution in [0.1, 0.15) is 123 Å². The number of para-hydroxylation sites is 5. The molecule has 0 radical (unpaired) electrons. The Morgan fingerprint density at radius 2 is 0.568 bits per heavy atom. The van der Waals surface area contributed by atoms with Crippen molar-refractivity contribution in [2.75, 3.05) is 70.1 Å². The fourth-order valence-electron chi connectivity index (χ4n) is 22.3. The SMILES string of the molecule is Cc1ccc2c(oc3ncccc32)c1N1C=CN(C(C)C)C1C.Cc1ccc2c(oc3ncccc32)c1N1C=CN(C)C1C.Cc1ccc2c(oc3ncccc32)c1N1c2ccccc2N(C)C1C.[2H]C(C)(C)N1c2nccnc2N(c2c(C)ccc3c2oc2ccccc23)C1C.[2H]C(C)(C)N1c2nccnc2N(c2c(C)ccc3c2oc2ccccc23)C1C.[2H]C([2H])([2H])N1c2nccnc2N(c2c(C)ccc3c2oc2ccccc23)C1C. The molecule has 28 rings (SSSR count). The molecule has 0 saturated heterocycles. The molecule has 27 nitrogen and oxygen atoms in total. The van der Waals surface area contributed by atoms with Crippen molar-refractivity contribution in [2.45, 2.75) is 180 Å². The highest BCUT2D eigenvalue weighted by molar-refractivity contribution is 6.16. The van der Waals surface area contributed by atoms with Crippen LogP contribution in [0.5, 0.6) is 0 Å². The molecule has 22 aromatic rings. The molecule has 0 bridgehead atoms.